The molecule has 1 aromatic rings. The number of aliphatic imine (C=N–C) groups is 1. The molecule has 0 bridgehead atoms. The van der Waals surface area contributed by atoms with Gasteiger partial charge in [0.1, 0.15) is 5.75 Å². The predicted molar refractivity (Wildman–Crippen MR) is 116 cm³/mol. The van der Waals surface area contributed by atoms with Gasteiger partial charge in [-0.25, -0.2) is 0 Å². The average molecular weight is 463 g/mol. The summed E-state index contributed by atoms with van der Waals surface area (Å²) < 4.78 is 11.3. The molecule has 0 aromatic heterocycles. The molecule has 0 amide bonds. The second-order valence-electron chi connectivity index (χ2n) is 5.96. The van der Waals surface area contributed by atoms with E-state index in [1.165, 1.54) is 5.56 Å². The largest absolute Gasteiger partial charge is 0.494 e. The van der Waals surface area contributed by atoms with Gasteiger partial charge in [-0.3, -0.25) is 4.99 Å². The first kappa shape index (κ1) is 24.0. The van der Waals surface area contributed by atoms with Crippen LogP contribution in [-0.4, -0.2) is 38.9 Å². The van der Waals surface area contributed by atoms with Crippen LogP contribution in [0, 0.1) is 5.92 Å². The summed E-state index contributed by atoms with van der Waals surface area (Å²) in [5.41, 5.74) is 1.17. The topological polar surface area (TPSA) is 54.9 Å². The predicted octanol–water partition coefficient (Wildman–Crippen LogP) is 3.82. The van der Waals surface area contributed by atoms with Crippen molar-refractivity contribution >= 4 is 29.9 Å². The maximum absolute atomic E-state index is 5.77. The Kier molecular flexibility index (Phi) is 13.6. The van der Waals surface area contributed by atoms with Crippen LogP contribution < -0.4 is 15.4 Å². The van der Waals surface area contributed by atoms with E-state index in [2.05, 4.69) is 35.5 Å². The van der Waals surface area contributed by atoms with Crippen LogP contribution in [0.25, 0.3) is 0 Å². The molecular formula is C19H34IN3O2. The van der Waals surface area contributed by atoms with Crippen LogP contribution in [-0.2, 0) is 11.3 Å². The smallest absolute Gasteiger partial charge is 0.191 e. The van der Waals surface area contributed by atoms with Crippen molar-refractivity contribution in [2.45, 2.75) is 46.8 Å². The molecule has 1 aromatic carbocycles. The minimum absolute atomic E-state index is 0. The van der Waals surface area contributed by atoms with Gasteiger partial charge < -0.3 is 20.1 Å². The molecule has 2 N–H and O–H groups in total. The van der Waals surface area contributed by atoms with E-state index in [1.54, 1.807) is 7.05 Å². The average Bonchev–Trinajstić information content (AvgIpc) is 2.57. The highest BCUT2D eigenvalue weighted by Crippen LogP contribution is 2.13. The van der Waals surface area contributed by atoms with Crippen molar-refractivity contribution in [3.8, 4) is 5.75 Å². The Morgan fingerprint density at radius 1 is 1.16 bits per heavy atom. The Hall–Kier alpha value is -1.02. The van der Waals surface area contributed by atoms with Gasteiger partial charge >= 0.3 is 0 Å². The molecule has 0 spiro atoms. The third-order valence-electron chi connectivity index (χ3n) is 3.74. The monoisotopic (exact) mass is 463 g/mol. The van der Waals surface area contributed by atoms with Crippen LogP contribution in [0.1, 0.15) is 39.7 Å². The molecule has 0 aliphatic rings. The molecule has 5 nitrogen and oxygen atoms in total. The lowest BCUT2D eigenvalue weighted by atomic mass is 10.0. The van der Waals surface area contributed by atoms with E-state index in [9.17, 15) is 0 Å². The second kappa shape index (κ2) is 14.2. The van der Waals surface area contributed by atoms with Crippen LogP contribution in [0.15, 0.2) is 29.3 Å². The molecule has 1 atom stereocenters. The van der Waals surface area contributed by atoms with E-state index < -0.39 is 0 Å². The van der Waals surface area contributed by atoms with Crippen molar-refractivity contribution in [2.75, 3.05) is 26.8 Å². The molecule has 0 saturated carbocycles. The Labute approximate surface area is 170 Å². The number of ether oxygens (including phenoxy) is 2. The quantitative estimate of drug-likeness (QED) is 0.315. The summed E-state index contributed by atoms with van der Waals surface area (Å²) in [6, 6.07) is 8.10. The minimum Gasteiger partial charge on any atom is -0.494 e. The number of nitrogens with zero attached hydrogens (tertiary/aromatic N) is 1. The third-order valence-corrected chi connectivity index (χ3v) is 3.74. The highest BCUT2D eigenvalue weighted by Gasteiger charge is 2.12. The van der Waals surface area contributed by atoms with Crippen molar-refractivity contribution in [3.63, 3.8) is 0 Å². The fraction of sp³-hybridized carbons (Fsp3) is 0.632. The lowest BCUT2D eigenvalue weighted by molar-refractivity contribution is 0.0258. The van der Waals surface area contributed by atoms with Gasteiger partial charge in [-0.1, -0.05) is 26.0 Å². The SMILES string of the molecule is CCOc1cccc(CNC(=NC)NCCC(OCC)C(C)C)c1.I. The van der Waals surface area contributed by atoms with Crippen LogP contribution in [0.2, 0.25) is 0 Å². The van der Waals surface area contributed by atoms with E-state index in [0.717, 1.165) is 31.3 Å². The van der Waals surface area contributed by atoms with Gasteiger partial charge in [-0.15, -0.1) is 24.0 Å². The summed E-state index contributed by atoms with van der Waals surface area (Å²) in [5, 5.41) is 6.68. The first-order valence-corrected chi connectivity index (χ1v) is 8.88. The van der Waals surface area contributed by atoms with Gasteiger partial charge in [0.15, 0.2) is 5.96 Å². The van der Waals surface area contributed by atoms with Gasteiger partial charge in [0.2, 0.25) is 0 Å². The second-order valence-corrected chi connectivity index (χ2v) is 5.96. The lowest BCUT2D eigenvalue weighted by Gasteiger charge is -2.21. The van der Waals surface area contributed by atoms with Gasteiger partial charge in [-0.2, -0.15) is 0 Å². The van der Waals surface area contributed by atoms with Crippen LogP contribution in [0.3, 0.4) is 0 Å². The zero-order valence-electron chi connectivity index (χ0n) is 16.2. The first-order valence-electron chi connectivity index (χ1n) is 8.88. The summed E-state index contributed by atoms with van der Waals surface area (Å²) in [4.78, 5) is 4.27. The van der Waals surface area contributed by atoms with Crippen molar-refractivity contribution in [1.82, 2.24) is 10.6 Å². The third kappa shape index (κ3) is 9.89. The van der Waals surface area contributed by atoms with Crippen LogP contribution in [0.4, 0.5) is 0 Å². The summed E-state index contributed by atoms with van der Waals surface area (Å²) in [6.45, 7) is 11.4. The maximum Gasteiger partial charge on any atom is 0.191 e. The highest BCUT2D eigenvalue weighted by molar-refractivity contribution is 14.0. The van der Waals surface area contributed by atoms with E-state index in [4.69, 9.17) is 9.47 Å². The molecule has 25 heavy (non-hydrogen) atoms. The molecule has 0 radical (unpaired) electrons. The molecule has 1 unspecified atom stereocenters. The zero-order valence-corrected chi connectivity index (χ0v) is 18.5. The zero-order chi connectivity index (χ0) is 17.8. The standard InChI is InChI=1S/C19H33N3O2.HI/c1-6-23-17-10-8-9-16(13-17)14-22-19(20-5)21-12-11-18(15(3)4)24-7-2;/h8-10,13,15,18H,6-7,11-12,14H2,1-5H3,(H2,20,21,22);1H. The van der Waals surface area contributed by atoms with Crippen LogP contribution >= 0.6 is 24.0 Å². The molecule has 144 valence electrons. The summed E-state index contributed by atoms with van der Waals surface area (Å²) >= 11 is 0. The van der Waals surface area contributed by atoms with Gasteiger partial charge in [0, 0.05) is 26.7 Å². The Bertz CT molecular complexity index is 495. The molecule has 0 aliphatic carbocycles. The van der Waals surface area contributed by atoms with Crippen molar-refractivity contribution in [3.05, 3.63) is 29.8 Å². The Balaban J connectivity index is 0.00000576. The number of halogens is 1. The highest BCUT2D eigenvalue weighted by atomic mass is 127. The molecular weight excluding hydrogens is 429 g/mol. The minimum atomic E-state index is 0. The molecule has 0 saturated heterocycles. The summed E-state index contributed by atoms with van der Waals surface area (Å²) in [7, 11) is 1.79. The molecule has 6 heteroatoms. The van der Waals surface area contributed by atoms with Crippen molar-refractivity contribution in [1.29, 1.82) is 0 Å². The number of rotatable bonds is 10. The number of hydrogen-bond donors (Lipinski definition) is 2. The molecule has 1 rings (SSSR count). The molecule has 0 heterocycles. The van der Waals surface area contributed by atoms with E-state index >= 15 is 0 Å². The van der Waals surface area contributed by atoms with Gasteiger partial charge in [-0.05, 0) is 43.9 Å². The Morgan fingerprint density at radius 3 is 2.52 bits per heavy atom. The van der Waals surface area contributed by atoms with E-state index in [0.29, 0.717) is 19.1 Å². The Morgan fingerprint density at radius 2 is 1.92 bits per heavy atom. The number of hydrogen-bond acceptors (Lipinski definition) is 3. The molecule has 0 fully saturated rings. The number of benzene rings is 1. The number of guanidine groups is 1. The van der Waals surface area contributed by atoms with Crippen molar-refractivity contribution < 1.29 is 9.47 Å². The lowest BCUT2D eigenvalue weighted by Crippen LogP contribution is -2.38. The first-order chi connectivity index (χ1) is 11.6. The van der Waals surface area contributed by atoms with Gasteiger partial charge in [0.05, 0.1) is 12.7 Å². The van der Waals surface area contributed by atoms with E-state index in [-0.39, 0.29) is 30.1 Å². The summed E-state index contributed by atoms with van der Waals surface area (Å²) in [6.07, 6.45) is 1.25. The normalized spacial score (nSPS) is 12.5. The van der Waals surface area contributed by atoms with Crippen molar-refractivity contribution in [2.24, 2.45) is 10.9 Å². The van der Waals surface area contributed by atoms with E-state index in [1.807, 2.05) is 32.0 Å². The maximum atomic E-state index is 5.77. The molecule has 0 aliphatic heterocycles. The number of nitrogens with one attached hydrogen (secondary N) is 2. The van der Waals surface area contributed by atoms with Gasteiger partial charge in [0.25, 0.3) is 0 Å². The summed E-state index contributed by atoms with van der Waals surface area (Å²) in [5.74, 6) is 2.22. The fourth-order valence-electron chi connectivity index (χ4n) is 2.47. The fourth-order valence-corrected chi connectivity index (χ4v) is 2.47. The van der Waals surface area contributed by atoms with Crippen LogP contribution in [0.5, 0.6) is 5.75 Å².